The molecule has 3 unspecified atom stereocenters. The minimum atomic E-state index is 0.176. The number of guanidine groups is 1. The van der Waals surface area contributed by atoms with Crippen molar-refractivity contribution in [3.05, 3.63) is 0 Å². The van der Waals surface area contributed by atoms with Crippen molar-refractivity contribution in [1.82, 2.24) is 4.90 Å². The SMILES string of the molecule is CC1CCCN(C(N)=NCC2CCCOC2C(C)(C)C)C1. The Morgan fingerprint density at radius 3 is 2.71 bits per heavy atom. The van der Waals surface area contributed by atoms with E-state index in [2.05, 4.69) is 32.6 Å². The predicted molar refractivity (Wildman–Crippen MR) is 88.4 cm³/mol. The van der Waals surface area contributed by atoms with Gasteiger partial charge in [0, 0.05) is 32.2 Å². The van der Waals surface area contributed by atoms with Crippen molar-refractivity contribution in [2.24, 2.45) is 28.0 Å². The Balaban J connectivity index is 1.94. The maximum Gasteiger partial charge on any atom is 0.191 e. The molecule has 2 N–H and O–H groups in total. The number of nitrogens with two attached hydrogens (primary N) is 1. The van der Waals surface area contributed by atoms with Gasteiger partial charge in [-0.15, -0.1) is 0 Å². The second kappa shape index (κ2) is 6.99. The van der Waals surface area contributed by atoms with E-state index in [1.54, 1.807) is 0 Å². The Hall–Kier alpha value is -0.770. The van der Waals surface area contributed by atoms with Gasteiger partial charge in [0.1, 0.15) is 0 Å². The molecular formula is C17H33N3O. The van der Waals surface area contributed by atoms with E-state index in [1.165, 1.54) is 19.3 Å². The van der Waals surface area contributed by atoms with Crippen LogP contribution in [0.4, 0.5) is 0 Å². The molecule has 0 aromatic carbocycles. The average molecular weight is 295 g/mol. The highest BCUT2D eigenvalue weighted by atomic mass is 16.5. The fourth-order valence-electron chi connectivity index (χ4n) is 3.70. The molecule has 0 saturated carbocycles. The van der Waals surface area contributed by atoms with Crippen molar-refractivity contribution >= 4 is 5.96 Å². The van der Waals surface area contributed by atoms with Gasteiger partial charge < -0.3 is 15.4 Å². The van der Waals surface area contributed by atoms with Crippen LogP contribution in [0.15, 0.2) is 4.99 Å². The van der Waals surface area contributed by atoms with Crippen LogP contribution < -0.4 is 5.73 Å². The van der Waals surface area contributed by atoms with Crippen LogP contribution >= 0.6 is 0 Å². The van der Waals surface area contributed by atoms with Gasteiger partial charge in [-0.05, 0) is 37.0 Å². The number of piperidine rings is 1. The van der Waals surface area contributed by atoms with Gasteiger partial charge in [0.15, 0.2) is 5.96 Å². The summed E-state index contributed by atoms with van der Waals surface area (Å²) in [4.78, 5) is 6.96. The smallest absolute Gasteiger partial charge is 0.191 e. The molecule has 21 heavy (non-hydrogen) atoms. The van der Waals surface area contributed by atoms with Gasteiger partial charge in [-0.3, -0.25) is 4.99 Å². The average Bonchev–Trinajstić information content (AvgIpc) is 2.44. The first-order chi connectivity index (χ1) is 9.88. The number of ether oxygens (including phenoxy) is 1. The summed E-state index contributed by atoms with van der Waals surface area (Å²) in [5.41, 5.74) is 6.39. The van der Waals surface area contributed by atoms with Crippen LogP contribution in [-0.4, -0.2) is 43.2 Å². The second-order valence-electron chi connectivity index (χ2n) is 7.95. The van der Waals surface area contributed by atoms with Crippen LogP contribution in [0.5, 0.6) is 0 Å². The lowest BCUT2D eigenvalue weighted by Crippen LogP contribution is -2.45. The van der Waals surface area contributed by atoms with E-state index in [0.29, 0.717) is 12.0 Å². The van der Waals surface area contributed by atoms with E-state index >= 15 is 0 Å². The van der Waals surface area contributed by atoms with Gasteiger partial charge in [-0.1, -0.05) is 27.7 Å². The molecule has 0 spiro atoms. The molecular weight excluding hydrogens is 262 g/mol. The van der Waals surface area contributed by atoms with E-state index < -0.39 is 0 Å². The standard InChI is InChI=1S/C17H33N3O/c1-13-7-5-9-20(12-13)16(18)19-11-14-8-6-10-21-15(14)17(2,3)4/h13-15H,5-12H2,1-4H3,(H2,18,19). The van der Waals surface area contributed by atoms with Gasteiger partial charge in [0.25, 0.3) is 0 Å². The van der Waals surface area contributed by atoms with Crippen LogP contribution in [-0.2, 0) is 4.74 Å². The maximum atomic E-state index is 6.22. The first-order valence-electron chi connectivity index (χ1n) is 8.54. The first-order valence-corrected chi connectivity index (χ1v) is 8.54. The molecule has 2 aliphatic rings. The summed E-state index contributed by atoms with van der Waals surface area (Å²) >= 11 is 0. The van der Waals surface area contributed by atoms with Gasteiger partial charge >= 0.3 is 0 Å². The topological polar surface area (TPSA) is 50.8 Å². The van der Waals surface area contributed by atoms with Crippen LogP contribution in [0.1, 0.15) is 53.4 Å². The number of hydrogen-bond donors (Lipinski definition) is 1. The van der Waals surface area contributed by atoms with Crippen LogP contribution in [0, 0.1) is 17.3 Å². The lowest BCUT2D eigenvalue weighted by Gasteiger charge is -2.40. The zero-order valence-corrected chi connectivity index (χ0v) is 14.3. The van der Waals surface area contributed by atoms with Crippen molar-refractivity contribution in [2.45, 2.75) is 59.5 Å². The van der Waals surface area contributed by atoms with Crippen LogP contribution in [0.25, 0.3) is 0 Å². The summed E-state index contributed by atoms with van der Waals surface area (Å²) in [6, 6.07) is 0. The van der Waals surface area contributed by atoms with Crippen molar-refractivity contribution in [3.63, 3.8) is 0 Å². The molecule has 122 valence electrons. The third kappa shape index (κ3) is 4.60. The van der Waals surface area contributed by atoms with Crippen LogP contribution in [0.3, 0.4) is 0 Å². The Morgan fingerprint density at radius 2 is 2.05 bits per heavy atom. The van der Waals surface area contributed by atoms with Gasteiger partial charge in [0.05, 0.1) is 6.10 Å². The zero-order chi connectivity index (χ0) is 15.5. The third-order valence-electron chi connectivity index (χ3n) is 4.77. The first kappa shape index (κ1) is 16.6. The summed E-state index contributed by atoms with van der Waals surface area (Å²) in [5.74, 6) is 1.96. The Kier molecular flexibility index (Phi) is 5.53. The second-order valence-corrected chi connectivity index (χ2v) is 7.95. The van der Waals surface area contributed by atoms with Crippen molar-refractivity contribution in [3.8, 4) is 0 Å². The number of aliphatic imine (C=N–C) groups is 1. The highest BCUT2D eigenvalue weighted by Crippen LogP contribution is 2.34. The highest BCUT2D eigenvalue weighted by Gasteiger charge is 2.35. The third-order valence-corrected chi connectivity index (χ3v) is 4.77. The van der Waals surface area contributed by atoms with E-state index in [-0.39, 0.29) is 5.41 Å². The van der Waals surface area contributed by atoms with Crippen LogP contribution in [0.2, 0.25) is 0 Å². The Labute approximate surface area is 130 Å². The quantitative estimate of drug-likeness (QED) is 0.629. The van der Waals surface area contributed by atoms with Crippen molar-refractivity contribution in [2.75, 3.05) is 26.2 Å². The zero-order valence-electron chi connectivity index (χ0n) is 14.3. The monoisotopic (exact) mass is 295 g/mol. The molecule has 3 atom stereocenters. The lowest BCUT2D eigenvalue weighted by atomic mass is 9.78. The van der Waals surface area contributed by atoms with Gasteiger partial charge in [0.2, 0.25) is 0 Å². The fourth-order valence-corrected chi connectivity index (χ4v) is 3.70. The predicted octanol–water partition coefficient (Wildman–Crippen LogP) is 2.87. The van der Waals surface area contributed by atoms with Crippen molar-refractivity contribution < 1.29 is 4.74 Å². The number of likely N-dealkylation sites (tertiary alicyclic amines) is 1. The molecule has 2 heterocycles. The fraction of sp³-hybridized carbons (Fsp3) is 0.941. The van der Waals surface area contributed by atoms with E-state index in [1.807, 2.05) is 0 Å². The van der Waals surface area contributed by atoms with Gasteiger partial charge in [-0.2, -0.15) is 0 Å². The molecule has 2 rings (SSSR count). The molecule has 4 nitrogen and oxygen atoms in total. The molecule has 4 heteroatoms. The van der Waals surface area contributed by atoms with E-state index in [0.717, 1.165) is 44.5 Å². The summed E-state index contributed by atoms with van der Waals surface area (Å²) in [6.07, 6.45) is 5.19. The molecule has 2 fully saturated rings. The Morgan fingerprint density at radius 1 is 1.29 bits per heavy atom. The van der Waals surface area contributed by atoms with E-state index in [9.17, 15) is 0 Å². The largest absolute Gasteiger partial charge is 0.377 e. The molecule has 0 amide bonds. The summed E-state index contributed by atoms with van der Waals surface area (Å²) in [6.45, 7) is 12.9. The number of nitrogens with zero attached hydrogens (tertiary/aromatic N) is 2. The maximum absolute atomic E-state index is 6.22. The molecule has 2 aliphatic heterocycles. The molecule has 0 aromatic heterocycles. The molecule has 0 aromatic rings. The molecule has 2 saturated heterocycles. The summed E-state index contributed by atoms with van der Waals surface area (Å²) in [7, 11) is 0. The summed E-state index contributed by atoms with van der Waals surface area (Å²) in [5, 5.41) is 0. The Bertz CT molecular complexity index is 362. The van der Waals surface area contributed by atoms with E-state index in [4.69, 9.17) is 15.5 Å². The minimum absolute atomic E-state index is 0.176. The highest BCUT2D eigenvalue weighted by molar-refractivity contribution is 5.78. The van der Waals surface area contributed by atoms with Crippen molar-refractivity contribution in [1.29, 1.82) is 0 Å². The lowest BCUT2D eigenvalue weighted by molar-refractivity contribution is -0.0824. The normalized spacial score (nSPS) is 32.3. The minimum Gasteiger partial charge on any atom is -0.377 e. The summed E-state index contributed by atoms with van der Waals surface area (Å²) < 4.78 is 6.03. The number of rotatable bonds is 2. The molecule has 0 aliphatic carbocycles. The molecule has 0 radical (unpaired) electrons. The van der Waals surface area contributed by atoms with Gasteiger partial charge in [-0.25, -0.2) is 0 Å². The number of hydrogen-bond acceptors (Lipinski definition) is 2. The molecule has 0 bridgehead atoms.